The predicted molar refractivity (Wildman–Crippen MR) is 103 cm³/mol. The van der Waals surface area contributed by atoms with E-state index in [2.05, 4.69) is 14.7 Å². The molecular formula is C21H19F5N4O. The van der Waals surface area contributed by atoms with E-state index in [4.69, 9.17) is 5.73 Å². The molecule has 0 radical (unpaired) electrons. The molecule has 1 aliphatic rings. The number of alkyl halides is 5. The van der Waals surface area contributed by atoms with Gasteiger partial charge >= 0.3 is 12.8 Å². The molecule has 31 heavy (non-hydrogen) atoms. The Morgan fingerprint density at radius 2 is 2.00 bits per heavy atom. The van der Waals surface area contributed by atoms with Crippen molar-refractivity contribution in [1.82, 2.24) is 14.5 Å². The maximum absolute atomic E-state index is 12.9. The second kappa shape index (κ2) is 7.51. The van der Waals surface area contributed by atoms with Crippen LogP contribution in [0.1, 0.15) is 34.5 Å². The summed E-state index contributed by atoms with van der Waals surface area (Å²) in [4.78, 5) is 8.04. The number of halogens is 5. The molecule has 1 aliphatic carbocycles. The zero-order valence-corrected chi connectivity index (χ0v) is 16.5. The van der Waals surface area contributed by atoms with Crippen molar-refractivity contribution >= 4 is 5.95 Å². The van der Waals surface area contributed by atoms with E-state index >= 15 is 0 Å². The number of benzene rings is 1. The van der Waals surface area contributed by atoms with Crippen molar-refractivity contribution in [2.24, 2.45) is 7.05 Å². The van der Waals surface area contributed by atoms with Gasteiger partial charge in [0, 0.05) is 24.9 Å². The number of ether oxygens (including phenoxy) is 1. The van der Waals surface area contributed by atoms with Gasteiger partial charge in [-0.25, -0.2) is 4.98 Å². The fourth-order valence-corrected chi connectivity index (χ4v) is 4.20. The maximum atomic E-state index is 12.9. The van der Waals surface area contributed by atoms with Crippen LogP contribution < -0.4 is 10.5 Å². The van der Waals surface area contributed by atoms with E-state index in [0.717, 1.165) is 17.2 Å². The van der Waals surface area contributed by atoms with E-state index in [1.54, 1.807) is 29.9 Å². The van der Waals surface area contributed by atoms with Gasteiger partial charge < -0.3 is 15.0 Å². The fourth-order valence-electron chi connectivity index (χ4n) is 4.20. The molecule has 164 valence electrons. The van der Waals surface area contributed by atoms with Crippen LogP contribution in [-0.4, -0.2) is 21.1 Å². The first-order valence-electron chi connectivity index (χ1n) is 9.48. The predicted octanol–water partition coefficient (Wildman–Crippen LogP) is 4.49. The summed E-state index contributed by atoms with van der Waals surface area (Å²) in [6.45, 7) is -2.93. The van der Waals surface area contributed by atoms with Gasteiger partial charge in [-0.3, -0.25) is 4.98 Å². The summed E-state index contributed by atoms with van der Waals surface area (Å²) in [6, 6.07) is 7.09. The number of imidazole rings is 1. The Balaban J connectivity index is 1.77. The standard InChI is InChI=1S/C21H19F5N4O/c1-30-11-17(29-19(30)27)20(9-12-2-5-16(28-10-12)21(24,25)26)7-6-13-8-14(31-18(22)23)3-4-15(13)20/h2-5,8,10-11,18H,6-7,9H2,1H3,(H2,27,29). The van der Waals surface area contributed by atoms with Crippen LogP contribution in [0.25, 0.3) is 0 Å². The van der Waals surface area contributed by atoms with Crippen LogP contribution in [0.4, 0.5) is 27.9 Å². The Bertz CT molecular complexity index is 1070. The summed E-state index contributed by atoms with van der Waals surface area (Å²) >= 11 is 0. The summed E-state index contributed by atoms with van der Waals surface area (Å²) in [5, 5.41) is 0. The quantitative estimate of drug-likeness (QED) is 0.596. The first-order chi connectivity index (χ1) is 14.6. The summed E-state index contributed by atoms with van der Waals surface area (Å²) in [6.07, 6.45) is -0.0454. The van der Waals surface area contributed by atoms with Crippen LogP contribution in [-0.2, 0) is 31.5 Å². The van der Waals surface area contributed by atoms with Gasteiger partial charge in [-0.2, -0.15) is 22.0 Å². The molecule has 0 amide bonds. The van der Waals surface area contributed by atoms with Crippen molar-refractivity contribution in [1.29, 1.82) is 0 Å². The van der Waals surface area contributed by atoms with Gasteiger partial charge in [-0.1, -0.05) is 12.1 Å². The number of nitrogens with zero attached hydrogens (tertiary/aromatic N) is 3. The van der Waals surface area contributed by atoms with Crippen molar-refractivity contribution in [3.8, 4) is 5.75 Å². The molecule has 0 saturated heterocycles. The molecule has 5 nitrogen and oxygen atoms in total. The lowest BCUT2D eigenvalue weighted by molar-refractivity contribution is -0.141. The van der Waals surface area contributed by atoms with Gasteiger partial charge in [-0.05, 0) is 54.2 Å². The lowest BCUT2D eigenvalue weighted by Crippen LogP contribution is -2.28. The van der Waals surface area contributed by atoms with Crippen molar-refractivity contribution in [2.45, 2.75) is 37.5 Å². The number of fused-ring (bicyclic) bond motifs is 1. The third-order valence-corrected chi connectivity index (χ3v) is 5.66. The van der Waals surface area contributed by atoms with Gasteiger partial charge in [0.05, 0.1) is 5.69 Å². The van der Waals surface area contributed by atoms with E-state index in [1.807, 2.05) is 0 Å². The highest BCUT2D eigenvalue weighted by molar-refractivity contribution is 5.51. The van der Waals surface area contributed by atoms with E-state index < -0.39 is 23.9 Å². The second-order valence-electron chi connectivity index (χ2n) is 7.60. The van der Waals surface area contributed by atoms with Crippen LogP contribution >= 0.6 is 0 Å². The maximum Gasteiger partial charge on any atom is 0.433 e. The number of hydrogen-bond donors (Lipinski definition) is 1. The van der Waals surface area contributed by atoms with Crippen LogP contribution in [0.3, 0.4) is 0 Å². The summed E-state index contributed by atoms with van der Waals surface area (Å²) < 4.78 is 70.0. The molecule has 1 aromatic carbocycles. The monoisotopic (exact) mass is 438 g/mol. The number of nitrogen functional groups attached to an aromatic ring is 1. The first-order valence-corrected chi connectivity index (χ1v) is 9.48. The number of rotatable bonds is 5. The number of aryl methyl sites for hydroxylation is 2. The molecule has 0 aliphatic heterocycles. The van der Waals surface area contributed by atoms with Gasteiger partial charge in [-0.15, -0.1) is 0 Å². The molecule has 0 spiro atoms. The molecular weight excluding hydrogens is 419 g/mol. The van der Waals surface area contributed by atoms with Gasteiger partial charge in [0.2, 0.25) is 0 Å². The third kappa shape index (κ3) is 3.94. The second-order valence-corrected chi connectivity index (χ2v) is 7.60. The molecule has 2 heterocycles. The Morgan fingerprint density at radius 3 is 2.58 bits per heavy atom. The van der Waals surface area contributed by atoms with Gasteiger partial charge in [0.15, 0.2) is 5.95 Å². The molecule has 4 rings (SSSR count). The fraction of sp³-hybridized carbons (Fsp3) is 0.333. The number of hydrogen-bond acceptors (Lipinski definition) is 4. The zero-order valence-electron chi connectivity index (χ0n) is 16.5. The number of aromatic nitrogens is 3. The molecule has 0 bridgehead atoms. The van der Waals surface area contributed by atoms with Crippen LogP contribution in [0, 0.1) is 0 Å². The minimum atomic E-state index is -4.52. The van der Waals surface area contributed by atoms with Gasteiger partial charge in [0.1, 0.15) is 11.4 Å². The molecule has 2 aromatic heterocycles. The average molecular weight is 438 g/mol. The molecule has 0 saturated carbocycles. The highest BCUT2D eigenvalue weighted by Crippen LogP contribution is 2.47. The Hall–Kier alpha value is -3.17. The number of anilines is 1. The smallest absolute Gasteiger partial charge is 0.433 e. The van der Waals surface area contributed by atoms with E-state index in [-0.39, 0.29) is 5.75 Å². The Kier molecular flexibility index (Phi) is 5.10. The van der Waals surface area contributed by atoms with E-state index in [9.17, 15) is 22.0 Å². The van der Waals surface area contributed by atoms with E-state index in [1.165, 1.54) is 18.3 Å². The molecule has 1 atom stereocenters. The minimum Gasteiger partial charge on any atom is -0.435 e. The molecule has 3 aromatic rings. The normalized spacial score (nSPS) is 18.4. The Morgan fingerprint density at radius 1 is 1.23 bits per heavy atom. The van der Waals surface area contributed by atoms with E-state index in [0.29, 0.717) is 36.5 Å². The lowest BCUT2D eigenvalue weighted by atomic mass is 9.74. The lowest BCUT2D eigenvalue weighted by Gasteiger charge is -2.29. The van der Waals surface area contributed by atoms with Crippen molar-refractivity contribution < 1.29 is 26.7 Å². The molecule has 1 unspecified atom stereocenters. The Labute approximate surface area is 174 Å². The van der Waals surface area contributed by atoms with Crippen LogP contribution in [0.2, 0.25) is 0 Å². The highest BCUT2D eigenvalue weighted by atomic mass is 19.4. The summed E-state index contributed by atoms with van der Waals surface area (Å²) in [5.41, 5.74) is 7.22. The zero-order chi connectivity index (χ0) is 22.4. The highest BCUT2D eigenvalue weighted by Gasteiger charge is 2.43. The minimum absolute atomic E-state index is 0.0567. The van der Waals surface area contributed by atoms with Crippen LogP contribution in [0.15, 0.2) is 42.7 Å². The largest absolute Gasteiger partial charge is 0.435 e. The number of pyridine rings is 1. The van der Waals surface area contributed by atoms with Crippen molar-refractivity contribution in [3.63, 3.8) is 0 Å². The molecule has 2 N–H and O–H groups in total. The van der Waals surface area contributed by atoms with Crippen molar-refractivity contribution in [3.05, 3.63) is 70.8 Å². The third-order valence-electron chi connectivity index (χ3n) is 5.66. The first kappa shape index (κ1) is 21.1. The van der Waals surface area contributed by atoms with Crippen molar-refractivity contribution in [2.75, 3.05) is 5.73 Å². The number of nitrogens with two attached hydrogens (primary N) is 1. The van der Waals surface area contributed by atoms with Gasteiger partial charge in [0.25, 0.3) is 0 Å². The average Bonchev–Trinajstić information content (AvgIpc) is 3.22. The topological polar surface area (TPSA) is 66.0 Å². The summed E-state index contributed by atoms with van der Waals surface area (Å²) in [5.74, 6) is 0.354. The van der Waals surface area contributed by atoms with Crippen LogP contribution in [0.5, 0.6) is 5.75 Å². The molecule has 0 fully saturated rings. The summed E-state index contributed by atoms with van der Waals surface area (Å²) in [7, 11) is 1.74. The molecule has 10 heteroatoms. The SMILES string of the molecule is Cn1cc(C2(Cc3ccc(C(F)(F)F)nc3)CCc3cc(OC(F)F)ccc32)nc1N.